The number of piperazine rings is 1. The summed E-state index contributed by atoms with van der Waals surface area (Å²) in [7, 11) is 0. The van der Waals surface area contributed by atoms with E-state index in [2.05, 4.69) is 9.80 Å². The van der Waals surface area contributed by atoms with Crippen molar-refractivity contribution in [2.75, 3.05) is 45.9 Å². The third kappa shape index (κ3) is 5.25. The molecule has 0 amide bonds. The highest BCUT2D eigenvalue weighted by atomic mass is 16.5. The molecular formula is C17H28N2O3. The molecule has 1 atom stereocenters. The van der Waals surface area contributed by atoms with Crippen LogP contribution in [-0.4, -0.2) is 72.0 Å². The molecule has 1 aliphatic heterocycles. The van der Waals surface area contributed by atoms with E-state index in [1.807, 2.05) is 38.1 Å². The van der Waals surface area contributed by atoms with E-state index in [0.29, 0.717) is 6.54 Å². The van der Waals surface area contributed by atoms with Crippen molar-refractivity contribution in [3.63, 3.8) is 0 Å². The summed E-state index contributed by atoms with van der Waals surface area (Å²) in [6.45, 7) is 9.39. The molecular weight excluding hydrogens is 280 g/mol. The van der Waals surface area contributed by atoms with Crippen LogP contribution in [0.1, 0.15) is 25.5 Å². The fourth-order valence-corrected chi connectivity index (χ4v) is 2.73. The molecule has 0 aliphatic carbocycles. The maximum Gasteiger partial charge on any atom is 0.119 e. The summed E-state index contributed by atoms with van der Waals surface area (Å²) >= 11 is 0. The van der Waals surface area contributed by atoms with Crippen molar-refractivity contribution in [2.24, 2.45) is 0 Å². The van der Waals surface area contributed by atoms with E-state index in [1.165, 1.54) is 0 Å². The molecule has 1 saturated heterocycles. The maximum absolute atomic E-state index is 10.4. The van der Waals surface area contributed by atoms with Gasteiger partial charge in [-0.25, -0.2) is 0 Å². The normalized spacial score (nSPS) is 18.6. The molecule has 0 bridgehead atoms. The highest BCUT2D eigenvalue weighted by Crippen LogP contribution is 2.20. The topological polar surface area (TPSA) is 56.2 Å². The van der Waals surface area contributed by atoms with Crippen LogP contribution >= 0.6 is 0 Å². The van der Waals surface area contributed by atoms with Crippen molar-refractivity contribution in [3.8, 4) is 5.75 Å². The van der Waals surface area contributed by atoms with Gasteiger partial charge in [0, 0.05) is 39.3 Å². The fourth-order valence-electron chi connectivity index (χ4n) is 2.73. The van der Waals surface area contributed by atoms with Crippen molar-refractivity contribution in [3.05, 3.63) is 29.8 Å². The van der Waals surface area contributed by atoms with Gasteiger partial charge in [-0.1, -0.05) is 12.1 Å². The molecule has 5 heteroatoms. The Bertz CT molecular complexity index is 428. The lowest BCUT2D eigenvalue weighted by molar-refractivity contribution is 0.0661. The zero-order valence-corrected chi connectivity index (χ0v) is 13.6. The van der Waals surface area contributed by atoms with Crippen LogP contribution in [0.2, 0.25) is 0 Å². The Morgan fingerprint density at radius 3 is 2.18 bits per heavy atom. The Labute approximate surface area is 133 Å². The quantitative estimate of drug-likeness (QED) is 0.790. The second-order valence-corrected chi connectivity index (χ2v) is 6.12. The molecule has 2 rings (SSSR count). The smallest absolute Gasteiger partial charge is 0.119 e. The van der Waals surface area contributed by atoms with Crippen LogP contribution in [0, 0.1) is 0 Å². The van der Waals surface area contributed by atoms with Gasteiger partial charge < -0.3 is 14.9 Å². The molecule has 1 fully saturated rings. The first-order valence-electron chi connectivity index (χ1n) is 8.08. The van der Waals surface area contributed by atoms with Crippen molar-refractivity contribution >= 4 is 0 Å². The molecule has 0 saturated carbocycles. The first-order chi connectivity index (χ1) is 10.6. The molecule has 0 radical (unpaired) electrons. The van der Waals surface area contributed by atoms with E-state index < -0.39 is 6.10 Å². The summed E-state index contributed by atoms with van der Waals surface area (Å²) in [5, 5.41) is 19.3. The lowest BCUT2D eigenvalue weighted by atomic mass is 10.1. The van der Waals surface area contributed by atoms with Gasteiger partial charge in [-0.3, -0.25) is 9.80 Å². The molecule has 0 spiro atoms. The summed E-state index contributed by atoms with van der Waals surface area (Å²) in [6, 6.07) is 7.70. The molecule has 124 valence electrons. The summed E-state index contributed by atoms with van der Waals surface area (Å²) in [5.74, 6) is 0.837. The lowest BCUT2D eigenvalue weighted by Gasteiger charge is -2.35. The van der Waals surface area contributed by atoms with Crippen molar-refractivity contribution < 1.29 is 14.9 Å². The molecule has 22 heavy (non-hydrogen) atoms. The molecule has 1 aliphatic rings. The summed E-state index contributed by atoms with van der Waals surface area (Å²) in [4.78, 5) is 4.53. The average molecular weight is 308 g/mol. The van der Waals surface area contributed by atoms with Crippen LogP contribution in [0.3, 0.4) is 0 Å². The minimum absolute atomic E-state index is 0.158. The molecule has 2 N–H and O–H groups in total. The molecule has 1 unspecified atom stereocenters. The van der Waals surface area contributed by atoms with Crippen molar-refractivity contribution in [1.82, 2.24) is 9.80 Å². The first-order valence-corrected chi connectivity index (χ1v) is 8.08. The minimum atomic E-state index is -0.475. The largest absolute Gasteiger partial charge is 0.491 e. The van der Waals surface area contributed by atoms with Gasteiger partial charge in [-0.05, 0) is 31.5 Å². The number of nitrogens with zero attached hydrogens (tertiary/aromatic N) is 2. The Balaban J connectivity index is 1.81. The average Bonchev–Trinajstić information content (AvgIpc) is 2.49. The number of rotatable bonds is 7. The zero-order chi connectivity index (χ0) is 15.9. The van der Waals surface area contributed by atoms with E-state index in [0.717, 1.165) is 44.0 Å². The maximum atomic E-state index is 10.4. The number of β-amino-alcohol motifs (C(OH)–C–C–N with tert-alkyl or cyclic N) is 2. The summed E-state index contributed by atoms with van der Waals surface area (Å²) in [5.41, 5.74) is 0.925. The van der Waals surface area contributed by atoms with Gasteiger partial charge in [0.05, 0.1) is 18.8 Å². The molecule has 5 nitrogen and oxygen atoms in total. The third-order valence-electron chi connectivity index (χ3n) is 3.95. The van der Waals surface area contributed by atoms with E-state index in [9.17, 15) is 5.11 Å². The second kappa shape index (κ2) is 8.48. The van der Waals surface area contributed by atoms with Gasteiger partial charge >= 0.3 is 0 Å². The standard InChI is InChI=1S/C17H28N2O3/c1-14(2)22-16-5-3-15(4-6-16)17(21)13-19-9-7-18(8-10-19)11-12-20/h3-6,14,17,20-21H,7-13H2,1-2H3. The Hall–Kier alpha value is -1.14. The highest BCUT2D eigenvalue weighted by Gasteiger charge is 2.19. The number of ether oxygens (including phenoxy) is 1. The number of aliphatic hydroxyl groups excluding tert-OH is 2. The summed E-state index contributed by atoms with van der Waals surface area (Å²) < 4.78 is 5.62. The van der Waals surface area contributed by atoms with Crippen molar-refractivity contribution in [2.45, 2.75) is 26.1 Å². The van der Waals surface area contributed by atoms with Gasteiger partial charge in [-0.2, -0.15) is 0 Å². The predicted octanol–water partition coefficient (Wildman–Crippen LogP) is 1.12. The van der Waals surface area contributed by atoms with Gasteiger partial charge in [0.15, 0.2) is 0 Å². The molecule has 1 aromatic carbocycles. The van der Waals surface area contributed by atoms with Gasteiger partial charge in [0.1, 0.15) is 5.75 Å². The van der Waals surface area contributed by atoms with Gasteiger partial charge in [0.2, 0.25) is 0 Å². The van der Waals surface area contributed by atoms with Crippen LogP contribution in [0.25, 0.3) is 0 Å². The first kappa shape index (κ1) is 17.2. The number of hydrogen-bond donors (Lipinski definition) is 2. The lowest BCUT2D eigenvalue weighted by Crippen LogP contribution is -2.48. The fraction of sp³-hybridized carbons (Fsp3) is 0.647. The van der Waals surface area contributed by atoms with E-state index in [1.54, 1.807) is 0 Å². The van der Waals surface area contributed by atoms with Crippen molar-refractivity contribution in [1.29, 1.82) is 0 Å². The molecule has 1 heterocycles. The Morgan fingerprint density at radius 2 is 1.64 bits per heavy atom. The molecule has 1 aromatic rings. The monoisotopic (exact) mass is 308 g/mol. The van der Waals surface area contributed by atoms with Crippen LogP contribution in [0.15, 0.2) is 24.3 Å². The SMILES string of the molecule is CC(C)Oc1ccc(C(O)CN2CCN(CCO)CC2)cc1. The number of aliphatic hydroxyl groups is 2. The van der Waals surface area contributed by atoms with Gasteiger partial charge in [0.25, 0.3) is 0 Å². The number of hydrogen-bond acceptors (Lipinski definition) is 5. The second-order valence-electron chi connectivity index (χ2n) is 6.12. The third-order valence-corrected chi connectivity index (χ3v) is 3.95. The predicted molar refractivity (Wildman–Crippen MR) is 87.1 cm³/mol. The molecule has 0 aromatic heterocycles. The number of benzene rings is 1. The Morgan fingerprint density at radius 1 is 1.05 bits per heavy atom. The van der Waals surface area contributed by atoms with Crippen LogP contribution in [0.4, 0.5) is 0 Å². The van der Waals surface area contributed by atoms with Crippen LogP contribution < -0.4 is 4.74 Å². The van der Waals surface area contributed by atoms with Gasteiger partial charge in [-0.15, -0.1) is 0 Å². The van der Waals surface area contributed by atoms with E-state index >= 15 is 0 Å². The Kier molecular flexibility index (Phi) is 6.64. The van der Waals surface area contributed by atoms with Crippen LogP contribution in [-0.2, 0) is 0 Å². The van der Waals surface area contributed by atoms with Crippen LogP contribution in [0.5, 0.6) is 5.75 Å². The minimum Gasteiger partial charge on any atom is -0.491 e. The summed E-state index contributed by atoms with van der Waals surface area (Å²) in [6.07, 6.45) is -0.316. The van der Waals surface area contributed by atoms with E-state index in [4.69, 9.17) is 9.84 Å². The van der Waals surface area contributed by atoms with E-state index in [-0.39, 0.29) is 12.7 Å². The zero-order valence-electron chi connectivity index (χ0n) is 13.6. The highest BCUT2D eigenvalue weighted by molar-refractivity contribution is 5.28.